The number of benzene rings is 4. The molecule has 5 aromatic rings. The van der Waals surface area contributed by atoms with Crippen molar-refractivity contribution in [2.75, 3.05) is 26.8 Å². The first kappa shape index (κ1) is 26.8. The SMILES string of the molecule is COc1ccccc1OCCN(Cc1ccccc1)CC(O)CC(O)c1cccc2c1c1ccccc1n2C. The van der Waals surface area contributed by atoms with Crippen molar-refractivity contribution in [2.24, 2.45) is 7.05 Å². The average Bonchev–Trinajstić information content (AvgIpc) is 3.25. The lowest BCUT2D eigenvalue weighted by Crippen LogP contribution is -2.35. The van der Waals surface area contributed by atoms with Crippen molar-refractivity contribution in [1.82, 2.24) is 9.47 Å². The van der Waals surface area contributed by atoms with E-state index in [4.69, 9.17) is 9.47 Å². The van der Waals surface area contributed by atoms with Gasteiger partial charge in [-0.2, -0.15) is 0 Å². The first-order valence-corrected chi connectivity index (χ1v) is 13.4. The summed E-state index contributed by atoms with van der Waals surface area (Å²) in [5.74, 6) is 1.39. The van der Waals surface area contributed by atoms with E-state index in [1.54, 1.807) is 7.11 Å². The van der Waals surface area contributed by atoms with Crippen LogP contribution in [0.15, 0.2) is 97.1 Å². The summed E-state index contributed by atoms with van der Waals surface area (Å²) >= 11 is 0. The Morgan fingerprint density at radius 1 is 0.795 bits per heavy atom. The van der Waals surface area contributed by atoms with Gasteiger partial charge in [-0.05, 0) is 35.4 Å². The Labute approximate surface area is 229 Å². The zero-order chi connectivity index (χ0) is 27.2. The van der Waals surface area contributed by atoms with E-state index in [1.807, 2.05) is 73.8 Å². The molecule has 0 aliphatic rings. The molecule has 2 atom stereocenters. The van der Waals surface area contributed by atoms with Gasteiger partial charge < -0.3 is 24.3 Å². The maximum Gasteiger partial charge on any atom is 0.161 e. The molecule has 0 spiro atoms. The number of aryl methyl sites for hydroxylation is 1. The largest absolute Gasteiger partial charge is 0.493 e. The highest BCUT2D eigenvalue weighted by molar-refractivity contribution is 6.09. The van der Waals surface area contributed by atoms with E-state index >= 15 is 0 Å². The third-order valence-electron chi connectivity index (χ3n) is 7.28. The highest BCUT2D eigenvalue weighted by Gasteiger charge is 2.21. The highest BCUT2D eigenvalue weighted by Crippen LogP contribution is 2.35. The summed E-state index contributed by atoms with van der Waals surface area (Å²) in [6, 6.07) is 32.0. The number of nitrogens with zero attached hydrogens (tertiary/aromatic N) is 2. The molecule has 0 aliphatic heterocycles. The van der Waals surface area contributed by atoms with Crippen LogP contribution in [0.1, 0.15) is 23.7 Å². The van der Waals surface area contributed by atoms with E-state index in [1.165, 1.54) is 0 Å². The van der Waals surface area contributed by atoms with Crippen LogP contribution in [0.5, 0.6) is 11.5 Å². The van der Waals surface area contributed by atoms with E-state index in [0.717, 1.165) is 32.9 Å². The van der Waals surface area contributed by atoms with E-state index in [9.17, 15) is 10.2 Å². The monoisotopic (exact) mass is 524 g/mol. The first-order valence-electron chi connectivity index (χ1n) is 13.4. The Balaban J connectivity index is 1.29. The fraction of sp³-hybridized carbons (Fsp3) is 0.273. The van der Waals surface area contributed by atoms with Gasteiger partial charge in [-0.25, -0.2) is 0 Å². The summed E-state index contributed by atoms with van der Waals surface area (Å²) in [6.45, 7) is 2.13. The molecule has 1 heterocycles. The zero-order valence-electron chi connectivity index (χ0n) is 22.5. The number of hydrogen-bond donors (Lipinski definition) is 2. The molecule has 5 rings (SSSR count). The molecule has 0 bridgehead atoms. The van der Waals surface area contributed by atoms with Crippen LogP contribution in [0.4, 0.5) is 0 Å². The molecule has 4 aromatic carbocycles. The van der Waals surface area contributed by atoms with Crippen LogP contribution in [0.3, 0.4) is 0 Å². The lowest BCUT2D eigenvalue weighted by atomic mass is 9.97. The lowest BCUT2D eigenvalue weighted by Gasteiger charge is -2.26. The summed E-state index contributed by atoms with van der Waals surface area (Å²) in [5, 5.41) is 24.6. The molecular weight excluding hydrogens is 488 g/mol. The second-order valence-corrected chi connectivity index (χ2v) is 9.94. The number of rotatable bonds is 12. The third-order valence-corrected chi connectivity index (χ3v) is 7.28. The van der Waals surface area contributed by atoms with E-state index in [2.05, 4.69) is 39.8 Å². The topological polar surface area (TPSA) is 67.1 Å². The minimum atomic E-state index is -0.794. The number of ether oxygens (including phenoxy) is 2. The number of aliphatic hydroxyl groups is 2. The minimum Gasteiger partial charge on any atom is -0.493 e. The molecule has 6 heteroatoms. The molecular formula is C33H36N2O4. The lowest BCUT2D eigenvalue weighted by molar-refractivity contribution is 0.0484. The molecule has 0 aliphatic carbocycles. The number of fused-ring (bicyclic) bond motifs is 3. The van der Waals surface area contributed by atoms with Gasteiger partial charge in [0.1, 0.15) is 6.61 Å². The molecule has 0 amide bonds. The van der Waals surface area contributed by atoms with Gasteiger partial charge in [-0.1, -0.05) is 72.8 Å². The average molecular weight is 525 g/mol. The van der Waals surface area contributed by atoms with Crippen LogP contribution in [-0.2, 0) is 13.6 Å². The highest BCUT2D eigenvalue weighted by atomic mass is 16.5. The molecule has 6 nitrogen and oxygen atoms in total. The number of hydrogen-bond acceptors (Lipinski definition) is 5. The number of methoxy groups -OCH3 is 1. The Morgan fingerprint density at radius 2 is 1.49 bits per heavy atom. The Bertz CT molecular complexity index is 1510. The van der Waals surface area contributed by atoms with Crippen LogP contribution in [-0.4, -0.2) is 52.6 Å². The van der Waals surface area contributed by atoms with E-state index in [-0.39, 0.29) is 6.42 Å². The van der Waals surface area contributed by atoms with Crippen LogP contribution in [0.25, 0.3) is 21.8 Å². The van der Waals surface area contributed by atoms with Gasteiger partial charge in [0.05, 0.1) is 19.3 Å². The quantitative estimate of drug-likeness (QED) is 0.219. The van der Waals surface area contributed by atoms with Gasteiger partial charge in [0.2, 0.25) is 0 Å². The summed E-state index contributed by atoms with van der Waals surface area (Å²) in [4.78, 5) is 2.17. The molecule has 1 aromatic heterocycles. The number of para-hydroxylation sites is 3. The molecule has 0 fully saturated rings. The number of aliphatic hydroxyl groups excluding tert-OH is 2. The van der Waals surface area contributed by atoms with Crippen molar-refractivity contribution < 1.29 is 19.7 Å². The Hall–Kier alpha value is -3.84. The van der Waals surface area contributed by atoms with E-state index in [0.29, 0.717) is 37.7 Å². The molecule has 0 radical (unpaired) electrons. The standard InChI is InChI=1S/C33H36N2O4/c1-34-28-15-7-6-13-26(28)33-27(14-10-16-29(33)34)30(37)21-25(36)23-35(22-24-11-4-3-5-12-24)19-20-39-32-18-9-8-17-31(32)38-2/h3-18,25,30,36-37H,19-23H2,1-2H3. The van der Waals surface area contributed by atoms with Crippen molar-refractivity contribution in [1.29, 1.82) is 0 Å². The maximum atomic E-state index is 11.3. The van der Waals surface area contributed by atoms with Gasteiger partial charge >= 0.3 is 0 Å². The molecule has 2 unspecified atom stereocenters. The molecule has 0 saturated carbocycles. The first-order chi connectivity index (χ1) is 19.0. The molecule has 39 heavy (non-hydrogen) atoms. The van der Waals surface area contributed by atoms with Crippen molar-refractivity contribution in [3.8, 4) is 11.5 Å². The van der Waals surface area contributed by atoms with Crippen LogP contribution in [0, 0.1) is 0 Å². The molecule has 202 valence electrons. The zero-order valence-corrected chi connectivity index (χ0v) is 22.5. The van der Waals surface area contributed by atoms with Gasteiger partial charge in [-0.3, -0.25) is 4.90 Å². The Kier molecular flexibility index (Phi) is 8.47. The van der Waals surface area contributed by atoms with Crippen LogP contribution >= 0.6 is 0 Å². The second-order valence-electron chi connectivity index (χ2n) is 9.94. The van der Waals surface area contributed by atoms with Crippen molar-refractivity contribution in [2.45, 2.75) is 25.2 Å². The Morgan fingerprint density at radius 3 is 2.28 bits per heavy atom. The summed E-state index contributed by atoms with van der Waals surface area (Å²) < 4.78 is 13.6. The predicted molar refractivity (Wildman–Crippen MR) is 156 cm³/mol. The normalized spacial score (nSPS) is 13.2. The van der Waals surface area contributed by atoms with Crippen LogP contribution < -0.4 is 9.47 Å². The third kappa shape index (κ3) is 6.09. The van der Waals surface area contributed by atoms with Crippen molar-refractivity contribution in [3.63, 3.8) is 0 Å². The fourth-order valence-corrected chi connectivity index (χ4v) is 5.37. The smallest absolute Gasteiger partial charge is 0.161 e. The van der Waals surface area contributed by atoms with Crippen molar-refractivity contribution >= 4 is 21.8 Å². The van der Waals surface area contributed by atoms with Crippen LogP contribution in [0.2, 0.25) is 0 Å². The van der Waals surface area contributed by atoms with Gasteiger partial charge in [0.25, 0.3) is 0 Å². The van der Waals surface area contributed by atoms with Gasteiger partial charge in [0.15, 0.2) is 11.5 Å². The van der Waals surface area contributed by atoms with Gasteiger partial charge in [-0.15, -0.1) is 0 Å². The molecule has 0 saturated heterocycles. The van der Waals surface area contributed by atoms with Gasteiger partial charge in [0, 0.05) is 54.9 Å². The maximum absolute atomic E-state index is 11.3. The second kappa shape index (κ2) is 12.3. The summed E-state index contributed by atoms with van der Waals surface area (Å²) in [5.41, 5.74) is 4.19. The summed E-state index contributed by atoms with van der Waals surface area (Å²) in [6.07, 6.45) is -1.28. The predicted octanol–water partition coefficient (Wildman–Crippen LogP) is 5.71. The summed E-state index contributed by atoms with van der Waals surface area (Å²) in [7, 11) is 3.68. The van der Waals surface area contributed by atoms with Crippen molar-refractivity contribution in [3.05, 3.63) is 108 Å². The minimum absolute atomic E-state index is 0.237. The molecule has 2 N–H and O–H groups in total. The fourth-order valence-electron chi connectivity index (χ4n) is 5.37. The number of aromatic nitrogens is 1. The van der Waals surface area contributed by atoms with E-state index < -0.39 is 12.2 Å².